The lowest BCUT2D eigenvalue weighted by Crippen LogP contribution is -2.38. The van der Waals surface area contributed by atoms with Crippen LogP contribution < -0.4 is 5.32 Å². The second kappa shape index (κ2) is 9.47. The van der Waals surface area contributed by atoms with Gasteiger partial charge in [0, 0.05) is 36.8 Å². The molecule has 3 aromatic rings. The van der Waals surface area contributed by atoms with Gasteiger partial charge in [-0.15, -0.1) is 0 Å². The SMILES string of the molecule is Cc1cccc(Nc2cc(C3CCCCN3C(=O)/C=C/c3cccnc3)nc(C)n2)n1. The van der Waals surface area contributed by atoms with Crippen molar-refractivity contribution in [2.75, 3.05) is 11.9 Å². The molecular weight excluding hydrogens is 388 g/mol. The van der Waals surface area contributed by atoms with Crippen LogP contribution in [-0.2, 0) is 4.79 Å². The van der Waals surface area contributed by atoms with Crippen LogP contribution in [-0.4, -0.2) is 37.3 Å². The number of nitrogens with zero attached hydrogens (tertiary/aromatic N) is 5. The van der Waals surface area contributed by atoms with Gasteiger partial charge < -0.3 is 10.2 Å². The average Bonchev–Trinajstić information content (AvgIpc) is 2.78. The normalized spacial score (nSPS) is 16.5. The molecule has 1 fully saturated rings. The van der Waals surface area contributed by atoms with Crippen molar-refractivity contribution in [3.8, 4) is 0 Å². The lowest BCUT2D eigenvalue weighted by Gasteiger charge is -2.35. The summed E-state index contributed by atoms with van der Waals surface area (Å²) in [5.74, 6) is 2.07. The van der Waals surface area contributed by atoms with Crippen LogP contribution in [0.4, 0.5) is 11.6 Å². The molecule has 0 aliphatic carbocycles. The third-order valence-corrected chi connectivity index (χ3v) is 5.23. The van der Waals surface area contributed by atoms with Gasteiger partial charge in [-0.05, 0) is 62.9 Å². The quantitative estimate of drug-likeness (QED) is 0.623. The number of carbonyl (C=O) groups excluding carboxylic acids is 1. The molecule has 1 aliphatic heterocycles. The Labute approximate surface area is 182 Å². The van der Waals surface area contributed by atoms with Crippen molar-refractivity contribution in [2.45, 2.75) is 39.2 Å². The first-order valence-electron chi connectivity index (χ1n) is 10.5. The van der Waals surface area contributed by atoms with E-state index in [2.05, 4.69) is 25.3 Å². The lowest BCUT2D eigenvalue weighted by atomic mass is 9.98. The van der Waals surface area contributed by atoms with Gasteiger partial charge in [0.15, 0.2) is 0 Å². The zero-order chi connectivity index (χ0) is 21.6. The Balaban J connectivity index is 1.56. The summed E-state index contributed by atoms with van der Waals surface area (Å²) in [5, 5.41) is 3.27. The first-order valence-corrected chi connectivity index (χ1v) is 10.5. The first kappa shape index (κ1) is 20.7. The zero-order valence-corrected chi connectivity index (χ0v) is 17.8. The van der Waals surface area contributed by atoms with Crippen molar-refractivity contribution in [1.82, 2.24) is 24.8 Å². The number of carbonyl (C=O) groups is 1. The highest BCUT2D eigenvalue weighted by Gasteiger charge is 2.28. The molecule has 1 amide bonds. The summed E-state index contributed by atoms with van der Waals surface area (Å²) < 4.78 is 0. The minimum absolute atomic E-state index is 0.0142. The van der Waals surface area contributed by atoms with Crippen LogP contribution in [0.3, 0.4) is 0 Å². The molecule has 7 heteroatoms. The maximum atomic E-state index is 13.0. The van der Waals surface area contributed by atoms with Crippen molar-refractivity contribution < 1.29 is 4.79 Å². The zero-order valence-electron chi connectivity index (χ0n) is 17.8. The number of aryl methyl sites for hydroxylation is 2. The van der Waals surface area contributed by atoms with E-state index in [0.29, 0.717) is 18.2 Å². The molecule has 31 heavy (non-hydrogen) atoms. The molecule has 7 nitrogen and oxygen atoms in total. The number of amides is 1. The Morgan fingerprint density at radius 2 is 2.00 bits per heavy atom. The van der Waals surface area contributed by atoms with Gasteiger partial charge in [-0.1, -0.05) is 12.1 Å². The molecule has 0 bridgehead atoms. The molecule has 0 saturated carbocycles. The van der Waals surface area contributed by atoms with E-state index >= 15 is 0 Å². The van der Waals surface area contributed by atoms with E-state index in [1.165, 1.54) is 0 Å². The van der Waals surface area contributed by atoms with E-state index in [9.17, 15) is 4.79 Å². The predicted octanol–water partition coefficient (Wildman–Crippen LogP) is 4.39. The smallest absolute Gasteiger partial charge is 0.247 e. The molecule has 4 rings (SSSR count). The third kappa shape index (κ3) is 5.31. The topological polar surface area (TPSA) is 83.9 Å². The second-order valence-corrected chi connectivity index (χ2v) is 7.68. The summed E-state index contributed by atoms with van der Waals surface area (Å²) in [6.45, 7) is 4.54. The van der Waals surface area contributed by atoms with Gasteiger partial charge in [-0.3, -0.25) is 9.78 Å². The molecule has 0 aromatic carbocycles. The predicted molar refractivity (Wildman–Crippen MR) is 121 cm³/mol. The number of likely N-dealkylation sites (tertiary alicyclic amines) is 1. The van der Waals surface area contributed by atoms with Gasteiger partial charge in [0.05, 0.1) is 11.7 Å². The van der Waals surface area contributed by atoms with Gasteiger partial charge >= 0.3 is 0 Å². The Kier molecular flexibility index (Phi) is 6.31. The fourth-order valence-electron chi connectivity index (χ4n) is 3.81. The summed E-state index contributed by atoms with van der Waals surface area (Å²) in [7, 11) is 0. The highest BCUT2D eigenvalue weighted by atomic mass is 16.2. The van der Waals surface area contributed by atoms with Gasteiger partial charge in [0.25, 0.3) is 0 Å². The Morgan fingerprint density at radius 3 is 2.81 bits per heavy atom. The highest BCUT2D eigenvalue weighted by molar-refractivity contribution is 5.92. The van der Waals surface area contributed by atoms with Crippen LogP contribution in [0.5, 0.6) is 0 Å². The maximum absolute atomic E-state index is 13.0. The van der Waals surface area contributed by atoms with Crippen LogP contribution >= 0.6 is 0 Å². The summed E-state index contributed by atoms with van der Waals surface area (Å²) >= 11 is 0. The van der Waals surface area contributed by atoms with E-state index in [0.717, 1.165) is 42.0 Å². The summed E-state index contributed by atoms with van der Waals surface area (Å²) in [5.41, 5.74) is 2.69. The molecule has 1 atom stereocenters. The average molecular weight is 415 g/mol. The van der Waals surface area contributed by atoms with E-state index in [-0.39, 0.29) is 11.9 Å². The van der Waals surface area contributed by atoms with Crippen LogP contribution in [0.2, 0.25) is 0 Å². The molecular formula is C24H26N6O. The minimum atomic E-state index is -0.0764. The summed E-state index contributed by atoms with van der Waals surface area (Å²) in [6.07, 6.45) is 9.82. The van der Waals surface area contributed by atoms with Crippen LogP contribution in [0.1, 0.15) is 48.1 Å². The number of piperidine rings is 1. The molecule has 1 N–H and O–H groups in total. The third-order valence-electron chi connectivity index (χ3n) is 5.23. The van der Waals surface area contributed by atoms with Crippen molar-refractivity contribution in [2.24, 2.45) is 0 Å². The molecule has 1 aliphatic rings. The molecule has 158 valence electrons. The Bertz CT molecular complexity index is 1080. The molecule has 1 unspecified atom stereocenters. The fraction of sp³-hybridized carbons (Fsp3) is 0.292. The van der Waals surface area contributed by atoms with Crippen LogP contribution in [0.25, 0.3) is 6.08 Å². The number of nitrogens with one attached hydrogen (secondary N) is 1. The second-order valence-electron chi connectivity index (χ2n) is 7.68. The summed E-state index contributed by atoms with van der Waals surface area (Å²) in [6, 6.07) is 11.4. The molecule has 1 saturated heterocycles. The van der Waals surface area contributed by atoms with Crippen molar-refractivity contribution in [3.63, 3.8) is 0 Å². The van der Waals surface area contributed by atoms with Gasteiger partial charge in [0.1, 0.15) is 17.5 Å². The van der Waals surface area contributed by atoms with E-state index in [1.54, 1.807) is 18.5 Å². The maximum Gasteiger partial charge on any atom is 0.247 e. The number of anilines is 2. The van der Waals surface area contributed by atoms with Crippen LogP contribution in [0.15, 0.2) is 54.9 Å². The van der Waals surface area contributed by atoms with E-state index < -0.39 is 0 Å². The minimum Gasteiger partial charge on any atom is -0.331 e. The number of rotatable bonds is 5. The van der Waals surface area contributed by atoms with Gasteiger partial charge in [-0.25, -0.2) is 15.0 Å². The highest BCUT2D eigenvalue weighted by Crippen LogP contribution is 2.31. The summed E-state index contributed by atoms with van der Waals surface area (Å²) in [4.78, 5) is 32.7. The van der Waals surface area contributed by atoms with E-state index in [1.807, 2.05) is 61.2 Å². The van der Waals surface area contributed by atoms with Crippen molar-refractivity contribution in [3.05, 3.63) is 77.6 Å². The van der Waals surface area contributed by atoms with Crippen molar-refractivity contribution in [1.29, 1.82) is 0 Å². The largest absolute Gasteiger partial charge is 0.331 e. The molecule has 4 heterocycles. The first-order chi connectivity index (χ1) is 15.1. The standard InChI is InChI=1S/C24H26N6O/c1-17-7-5-10-22(26-17)29-23-15-20(27-18(2)28-23)21-9-3-4-14-30(21)24(31)12-11-19-8-6-13-25-16-19/h5-8,10-13,15-16,21H,3-4,9,14H2,1-2H3,(H,26,27,28,29)/b12-11+. The number of hydrogen-bond acceptors (Lipinski definition) is 6. The molecule has 0 radical (unpaired) electrons. The van der Waals surface area contributed by atoms with Crippen LogP contribution in [0, 0.1) is 13.8 Å². The molecule has 0 spiro atoms. The molecule has 3 aromatic heterocycles. The Morgan fingerprint density at radius 1 is 1.10 bits per heavy atom. The number of aromatic nitrogens is 4. The monoisotopic (exact) mass is 414 g/mol. The fourth-order valence-corrected chi connectivity index (χ4v) is 3.81. The lowest BCUT2D eigenvalue weighted by molar-refractivity contribution is -0.129. The van der Waals surface area contributed by atoms with Crippen molar-refractivity contribution >= 4 is 23.6 Å². The number of hydrogen-bond donors (Lipinski definition) is 1. The van der Waals surface area contributed by atoms with Gasteiger partial charge in [-0.2, -0.15) is 0 Å². The Hall–Kier alpha value is -3.61. The van der Waals surface area contributed by atoms with Gasteiger partial charge in [0.2, 0.25) is 5.91 Å². The number of pyridine rings is 2. The van der Waals surface area contributed by atoms with E-state index in [4.69, 9.17) is 0 Å².